The Morgan fingerprint density at radius 1 is 1.62 bits per heavy atom. The van der Waals surface area contributed by atoms with Gasteiger partial charge < -0.3 is 15.4 Å². The summed E-state index contributed by atoms with van der Waals surface area (Å²) >= 11 is 0. The summed E-state index contributed by atoms with van der Waals surface area (Å²) in [4.78, 5) is 28.9. The van der Waals surface area contributed by atoms with Crippen molar-refractivity contribution < 1.29 is 14.7 Å². The summed E-state index contributed by atoms with van der Waals surface area (Å²) < 4.78 is 0. The lowest BCUT2D eigenvalue weighted by Crippen LogP contribution is -2.40. The van der Waals surface area contributed by atoms with E-state index < -0.39 is 11.4 Å². The van der Waals surface area contributed by atoms with Crippen LogP contribution in [0.4, 0.5) is 0 Å². The molecule has 1 amide bonds. The Kier molecular flexibility index (Phi) is 3.65. The topological polar surface area (TPSA) is 95.1 Å². The van der Waals surface area contributed by atoms with Crippen molar-refractivity contribution in [3.63, 3.8) is 0 Å². The van der Waals surface area contributed by atoms with Gasteiger partial charge in [-0.1, -0.05) is 6.92 Å². The van der Waals surface area contributed by atoms with Gasteiger partial charge in [0.05, 0.1) is 17.9 Å². The first-order valence-electron chi connectivity index (χ1n) is 4.99. The minimum Gasteiger partial charge on any atom is -0.481 e. The van der Waals surface area contributed by atoms with Crippen LogP contribution in [0.2, 0.25) is 0 Å². The Bertz CT molecular complexity index is 375. The second-order valence-electron chi connectivity index (χ2n) is 3.87. The standard InChI is InChI=1S/C10H15N3O3/c1-3-10(2,9(15)16)5-12-8(14)7-4-11-6-13-7/h4,6H,3,5H2,1-2H3,(H,11,13)(H,12,14)(H,15,16). The van der Waals surface area contributed by atoms with Crippen LogP contribution < -0.4 is 5.32 Å². The summed E-state index contributed by atoms with van der Waals surface area (Å²) in [5, 5.41) is 11.6. The molecule has 1 aromatic heterocycles. The van der Waals surface area contributed by atoms with Crippen LogP contribution in [0.25, 0.3) is 0 Å². The van der Waals surface area contributed by atoms with Crippen LogP contribution in [-0.4, -0.2) is 33.5 Å². The number of carboxylic acid groups (broad SMARTS) is 1. The number of carboxylic acids is 1. The van der Waals surface area contributed by atoms with E-state index in [1.165, 1.54) is 12.5 Å². The minimum absolute atomic E-state index is 0.0939. The van der Waals surface area contributed by atoms with Crippen molar-refractivity contribution in [3.05, 3.63) is 18.2 Å². The molecule has 88 valence electrons. The highest BCUT2D eigenvalue weighted by atomic mass is 16.4. The number of hydrogen-bond donors (Lipinski definition) is 3. The van der Waals surface area contributed by atoms with E-state index in [1.807, 2.05) is 0 Å². The maximum absolute atomic E-state index is 11.5. The molecule has 0 aliphatic carbocycles. The molecule has 1 rings (SSSR count). The van der Waals surface area contributed by atoms with Gasteiger partial charge >= 0.3 is 5.97 Å². The highest BCUT2D eigenvalue weighted by molar-refractivity contribution is 5.92. The SMILES string of the molecule is CCC(C)(CNC(=O)c1cnc[nH]1)C(=O)O. The van der Waals surface area contributed by atoms with Crippen molar-refractivity contribution in [2.75, 3.05) is 6.54 Å². The first kappa shape index (κ1) is 12.2. The van der Waals surface area contributed by atoms with Gasteiger partial charge in [0.25, 0.3) is 5.91 Å². The number of nitrogens with one attached hydrogen (secondary N) is 2. The van der Waals surface area contributed by atoms with Crippen molar-refractivity contribution >= 4 is 11.9 Å². The number of imidazole rings is 1. The van der Waals surface area contributed by atoms with Crippen LogP contribution in [0, 0.1) is 5.41 Å². The molecule has 0 saturated carbocycles. The number of rotatable bonds is 5. The summed E-state index contributed by atoms with van der Waals surface area (Å²) in [6.07, 6.45) is 3.23. The number of nitrogens with zero attached hydrogens (tertiary/aromatic N) is 1. The van der Waals surface area contributed by atoms with Crippen molar-refractivity contribution in [2.45, 2.75) is 20.3 Å². The van der Waals surface area contributed by atoms with Gasteiger partial charge in [0.15, 0.2) is 0 Å². The van der Waals surface area contributed by atoms with Gasteiger partial charge in [0, 0.05) is 6.54 Å². The number of hydrogen-bond acceptors (Lipinski definition) is 3. The van der Waals surface area contributed by atoms with E-state index in [9.17, 15) is 9.59 Å². The highest BCUT2D eigenvalue weighted by Gasteiger charge is 2.31. The minimum atomic E-state index is -0.935. The molecular weight excluding hydrogens is 210 g/mol. The highest BCUT2D eigenvalue weighted by Crippen LogP contribution is 2.19. The molecule has 1 unspecified atom stereocenters. The molecule has 0 aliphatic heterocycles. The lowest BCUT2D eigenvalue weighted by atomic mass is 9.88. The van der Waals surface area contributed by atoms with E-state index in [0.29, 0.717) is 12.1 Å². The fraction of sp³-hybridized carbons (Fsp3) is 0.500. The number of aliphatic carboxylic acids is 1. The molecule has 1 aromatic rings. The maximum atomic E-state index is 11.5. The second kappa shape index (κ2) is 4.78. The second-order valence-corrected chi connectivity index (χ2v) is 3.87. The third-order valence-corrected chi connectivity index (χ3v) is 2.68. The molecule has 1 atom stereocenters. The molecule has 0 spiro atoms. The van der Waals surface area contributed by atoms with E-state index in [1.54, 1.807) is 13.8 Å². The quantitative estimate of drug-likeness (QED) is 0.685. The Morgan fingerprint density at radius 3 is 2.75 bits per heavy atom. The van der Waals surface area contributed by atoms with E-state index in [4.69, 9.17) is 5.11 Å². The fourth-order valence-electron chi connectivity index (χ4n) is 1.10. The molecular formula is C10H15N3O3. The molecule has 0 bridgehead atoms. The van der Waals surface area contributed by atoms with Crippen molar-refractivity contribution in [1.29, 1.82) is 0 Å². The number of H-pyrrole nitrogens is 1. The van der Waals surface area contributed by atoms with Gasteiger partial charge in [-0.25, -0.2) is 4.98 Å². The van der Waals surface area contributed by atoms with E-state index >= 15 is 0 Å². The number of aromatic amines is 1. The molecule has 1 heterocycles. The zero-order chi connectivity index (χ0) is 12.2. The monoisotopic (exact) mass is 225 g/mol. The number of carbonyl (C=O) groups is 2. The first-order chi connectivity index (χ1) is 7.49. The third-order valence-electron chi connectivity index (χ3n) is 2.68. The summed E-state index contributed by atoms with van der Waals surface area (Å²) in [7, 11) is 0. The number of carbonyl (C=O) groups excluding carboxylic acids is 1. The van der Waals surface area contributed by atoms with Gasteiger partial charge in [-0.3, -0.25) is 9.59 Å². The predicted molar refractivity (Wildman–Crippen MR) is 57.0 cm³/mol. The maximum Gasteiger partial charge on any atom is 0.311 e. The van der Waals surface area contributed by atoms with Gasteiger partial charge in [-0.15, -0.1) is 0 Å². The third kappa shape index (κ3) is 2.59. The molecule has 0 radical (unpaired) electrons. The van der Waals surface area contributed by atoms with Crippen LogP contribution in [0.3, 0.4) is 0 Å². The molecule has 3 N–H and O–H groups in total. The average Bonchev–Trinajstić information content (AvgIpc) is 2.78. The van der Waals surface area contributed by atoms with Crippen molar-refractivity contribution in [3.8, 4) is 0 Å². The average molecular weight is 225 g/mol. The molecule has 6 nitrogen and oxygen atoms in total. The summed E-state index contributed by atoms with van der Waals surface area (Å²) in [5.41, 5.74) is -0.612. The zero-order valence-corrected chi connectivity index (χ0v) is 9.28. The number of amides is 1. The molecule has 6 heteroatoms. The summed E-state index contributed by atoms with van der Waals surface area (Å²) in [5.74, 6) is -1.27. The van der Waals surface area contributed by atoms with Gasteiger partial charge in [0.1, 0.15) is 5.69 Å². The van der Waals surface area contributed by atoms with E-state index in [2.05, 4.69) is 15.3 Å². The van der Waals surface area contributed by atoms with Gasteiger partial charge in [0.2, 0.25) is 0 Å². The van der Waals surface area contributed by atoms with Gasteiger partial charge in [-0.05, 0) is 13.3 Å². The molecule has 0 saturated heterocycles. The first-order valence-corrected chi connectivity index (χ1v) is 4.99. The van der Waals surface area contributed by atoms with Gasteiger partial charge in [-0.2, -0.15) is 0 Å². The Labute approximate surface area is 93.1 Å². The fourth-order valence-corrected chi connectivity index (χ4v) is 1.10. The summed E-state index contributed by atoms with van der Waals surface area (Å²) in [6, 6.07) is 0. The van der Waals surface area contributed by atoms with Crippen LogP contribution in [0.1, 0.15) is 30.8 Å². The summed E-state index contributed by atoms with van der Waals surface area (Å²) in [6.45, 7) is 3.47. The Morgan fingerprint density at radius 2 is 2.31 bits per heavy atom. The molecule has 0 aliphatic rings. The molecule has 0 fully saturated rings. The zero-order valence-electron chi connectivity index (χ0n) is 9.28. The lowest BCUT2D eigenvalue weighted by Gasteiger charge is -2.22. The van der Waals surface area contributed by atoms with Crippen LogP contribution >= 0.6 is 0 Å². The lowest BCUT2D eigenvalue weighted by molar-refractivity contribution is -0.147. The van der Waals surface area contributed by atoms with E-state index in [0.717, 1.165) is 0 Å². The smallest absolute Gasteiger partial charge is 0.311 e. The largest absolute Gasteiger partial charge is 0.481 e. The van der Waals surface area contributed by atoms with Crippen LogP contribution in [0.15, 0.2) is 12.5 Å². The van der Waals surface area contributed by atoms with Crippen LogP contribution in [0.5, 0.6) is 0 Å². The number of aromatic nitrogens is 2. The molecule has 0 aromatic carbocycles. The van der Waals surface area contributed by atoms with Crippen LogP contribution in [-0.2, 0) is 4.79 Å². The van der Waals surface area contributed by atoms with Crippen molar-refractivity contribution in [1.82, 2.24) is 15.3 Å². The normalized spacial score (nSPS) is 14.1. The van der Waals surface area contributed by atoms with E-state index in [-0.39, 0.29) is 12.5 Å². The predicted octanol–water partition coefficient (Wildman–Crippen LogP) is 0.640. The van der Waals surface area contributed by atoms with Crippen molar-refractivity contribution in [2.24, 2.45) is 5.41 Å². The molecule has 16 heavy (non-hydrogen) atoms. The Hall–Kier alpha value is -1.85. The Balaban J connectivity index is 2.57.